The van der Waals surface area contributed by atoms with E-state index in [9.17, 15) is 9.59 Å². The second kappa shape index (κ2) is 8.93. The Morgan fingerprint density at radius 2 is 1.81 bits per heavy atom. The molecule has 0 fully saturated rings. The van der Waals surface area contributed by atoms with Crippen LogP contribution in [0.15, 0.2) is 41.1 Å². The average Bonchev–Trinajstić information content (AvgIpc) is 3.11. The average molecular weight is 461 g/mol. The summed E-state index contributed by atoms with van der Waals surface area (Å²) >= 11 is 12.3. The number of hydrogen-bond acceptors (Lipinski definition) is 3. The van der Waals surface area contributed by atoms with Gasteiger partial charge in [-0.05, 0) is 62.6 Å². The van der Waals surface area contributed by atoms with Crippen LogP contribution in [0.3, 0.4) is 0 Å². The van der Waals surface area contributed by atoms with Gasteiger partial charge in [0.1, 0.15) is 0 Å². The van der Waals surface area contributed by atoms with E-state index in [0.717, 1.165) is 22.6 Å². The van der Waals surface area contributed by atoms with E-state index in [1.54, 1.807) is 30.0 Å². The number of amides is 1. The minimum absolute atomic E-state index is 0.189. The molecular weight excluding hydrogens is 435 g/mol. The molecular formula is C24H26Cl2N2O3. The first-order chi connectivity index (χ1) is 14.6. The molecule has 0 spiro atoms. The van der Waals surface area contributed by atoms with Crippen molar-refractivity contribution in [2.75, 3.05) is 13.7 Å². The van der Waals surface area contributed by atoms with Crippen molar-refractivity contribution in [3.05, 3.63) is 68.1 Å². The first-order valence-electron chi connectivity index (χ1n) is 10.0. The van der Waals surface area contributed by atoms with Crippen LogP contribution in [0.2, 0.25) is 10.0 Å². The third-order valence-electron chi connectivity index (χ3n) is 5.38. The molecule has 2 aromatic rings. The summed E-state index contributed by atoms with van der Waals surface area (Å²) in [6.07, 6.45) is 1.77. The highest BCUT2D eigenvalue weighted by Crippen LogP contribution is 2.34. The molecule has 0 saturated heterocycles. The Morgan fingerprint density at radius 3 is 2.39 bits per heavy atom. The zero-order valence-electron chi connectivity index (χ0n) is 18.5. The molecule has 0 aliphatic carbocycles. The molecule has 0 bridgehead atoms. The number of methoxy groups -OCH3 is 1. The van der Waals surface area contributed by atoms with Gasteiger partial charge in [-0.15, -0.1) is 0 Å². The summed E-state index contributed by atoms with van der Waals surface area (Å²) in [5.41, 5.74) is 4.87. The maximum atomic E-state index is 13.2. The van der Waals surface area contributed by atoms with E-state index in [0.29, 0.717) is 33.4 Å². The molecule has 0 saturated carbocycles. The molecule has 1 aromatic heterocycles. The van der Waals surface area contributed by atoms with Gasteiger partial charge in [-0.2, -0.15) is 0 Å². The number of aryl methyl sites for hydroxylation is 1. The first-order valence-corrected chi connectivity index (χ1v) is 10.8. The molecule has 1 aliphatic heterocycles. The highest BCUT2D eigenvalue weighted by Gasteiger charge is 2.37. The molecule has 164 valence electrons. The molecule has 1 aromatic carbocycles. The Morgan fingerprint density at radius 1 is 1.13 bits per heavy atom. The summed E-state index contributed by atoms with van der Waals surface area (Å²) in [6.45, 7) is 10.3. The van der Waals surface area contributed by atoms with Crippen molar-refractivity contribution in [1.82, 2.24) is 9.47 Å². The third-order valence-corrected chi connectivity index (χ3v) is 6.12. The Bertz CT molecular complexity index is 1130. The van der Waals surface area contributed by atoms with Crippen molar-refractivity contribution in [3.8, 4) is 5.69 Å². The molecule has 0 N–H and O–H groups in total. The number of rotatable bonds is 5. The number of benzene rings is 1. The molecule has 0 atom stereocenters. The van der Waals surface area contributed by atoms with Gasteiger partial charge in [0.2, 0.25) is 0 Å². The summed E-state index contributed by atoms with van der Waals surface area (Å²) in [5.74, 6) is -0.440. The van der Waals surface area contributed by atoms with Crippen LogP contribution in [-0.2, 0) is 14.3 Å². The van der Waals surface area contributed by atoms with Crippen molar-refractivity contribution >= 4 is 41.2 Å². The Kier molecular flexibility index (Phi) is 6.68. The highest BCUT2D eigenvalue weighted by molar-refractivity contribution is 6.42. The SMILES string of the molecule is COC(=O)C1=C(C)N(CC(C)C)C(=O)/C1=C/c1cc(C)n(-c2ccc(Cl)c(Cl)c2)c1C. The van der Waals surface area contributed by atoms with Crippen molar-refractivity contribution in [3.63, 3.8) is 0 Å². The fourth-order valence-electron chi connectivity index (χ4n) is 3.92. The second-order valence-corrected chi connectivity index (χ2v) is 8.89. The fraction of sp³-hybridized carbons (Fsp3) is 0.333. The van der Waals surface area contributed by atoms with Gasteiger partial charge >= 0.3 is 5.97 Å². The minimum Gasteiger partial charge on any atom is -0.465 e. The predicted molar refractivity (Wildman–Crippen MR) is 125 cm³/mol. The van der Waals surface area contributed by atoms with Gasteiger partial charge in [0.25, 0.3) is 5.91 Å². The Balaban J connectivity index is 2.13. The first kappa shape index (κ1) is 23.2. The van der Waals surface area contributed by atoms with Gasteiger partial charge in [0, 0.05) is 29.3 Å². The van der Waals surface area contributed by atoms with E-state index in [2.05, 4.69) is 0 Å². The lowest BCUT2D eigenvalue weighted by molar-refractivity contribution is -0.136. The van der Waals surface area contributed by atoms with Crippen LogP contribution < -0.4 is 0 Å². The summed E-state index contributed by atoms with van der Waals surface area (Å²) in [7, 11) is 1.33. The number of hydrogen-bond donors (Lipinski definition) is 0. The maximum Gasteiger partial charge on any atom is 0.340 e. The van der Waals surface area contributed by atoms with Crippen molar-refractivity contribution in [2.24, 2.45) is 5.92 Å². The Labute approximate surface area is 192 Å². The minimum atomic E-state index is -0.512. The number of allylic oxidation sites excluding steroid dienone is 1. The number of halogens is 2. The lowest BCUT2D eigenvalue weighted by Crippen LogP contribution is -2.28. The zero-order chi connectivity index (χ0) is 23.0. The zero-order valence-corrected chi connectivity index (χ0v) is 20.1. The standard InChI is InChI=1S/C24H26Cl2N2O3/c1-13(2)12-27-16(5)22(24(30)31-6)19(23(27)29)10-17-9-14(3)28(15(17)4)18-7-8-20(25)21(26)11-18/h7-11,13H,12H2,1-6H3/b19-10+. The van der Waals surface area contributed by atoms with E-state index in [-0.39, 0.29) is 11.8 Å². The highest BCUT2D eigenvalue weighted by atomic mass is 35.5. The molecule has 0 radical (unpaired) electrons. The summed E-state index contributed by atoms with van der Waals surface area (Å²) < 4.78 is 7.01. The van der Waals surface area contributed by atoms with Gasteiger partial charge < -0.3 is 14.2 Å². The normalized spacial score (nSPS) is 15.6. The van der Waals surface area contributed by atoms with Crippen LogP contribution in [0, 0.1) is 19.8 Å². The van der Waals surface area contributed by atoms with E-state index >= 15 is 0 Å². The molecule has 2 heterocycles. The van der Waals surface area contributed by atoms with Crippen LogP contribution in [0.5, 0.6) is 0 Å². The molecule has 1 aliphatic rings. The Hall–Kier alpha value is -2.50. The molecule has 0 unspecified atom stereocenters. The number of nitrogens with zero attached hydrogens (tertiary/aromatic N) is 2. The van der Waals surface area contributed by atoms with E-state index < -0.39 is 5.97 Å². The van der Waals surface area contributed by atoms with Gasteiger partial charge in [-0.1, -0.05) is 37.0 Å². The summed E-state index contributed by atoms with van der Waals surface area (Å²) in [6, 6.07) is 7.42. The molecule has 7 heteroatoms. The van der Waals surface area contributed by atoms with E-state index in [1.807, 2.05) is 44.4 Å². The summed E-state index contributed by atoms with van der Waals surface area (Å²) in [5, 5.41) is 0.953. The maximum absolute atomic E-state index is 13.2. The lowest BCUT2D eigenvalue weighted by atomic mass is 10.0. The second-order valence-electron chi connectivity index (χ2n) is 8.08. The topological polar surface area (TPSA) is 51.5 Å². The van der Waals surface area contributed by atoms with Crippen LogP contribution in [0.1, 0.15) is 37.7 Å². The number of carbonyl (C=O) groups excluding carboxylic acids is 2. The van der Waals surface area contributed by atoms with Crippen LogP contribution in [-0.4, -0.2) is 35.0 Å². The van der Waals surface area contributed by atoms with Gasteiger partial charge in [0.15, 0.2) is 0 Å². The number of ether oxygens (including phenoxy) is 1. The van der Waals surface area contributed by atoms with Crippen molar-refractivity contribution < 1.29 is 14.3 Å². The van der Waals surface area contributed by atoms with Crippen molar-refractivity contribution in [2.45, 2.75) is 34.6 Å². The van der Waals surface area contributed by atoms with Crippen LogP contribution in [0.4, 0.5) is 0 Å². The fourth-order valence-corrected chi connectivity index (χ4v) is 4.22. The molecule has 3 rings (SSSR count). The summed E-state index contributed by atoms with van der Waals surface area (Å²) in [4.78, 5) is 27.4. The van der Waals surface area contributed by atoms with Gasteiger partial charge in [-0.25, -0.2) is 4.79 Å². The predicted octanol–water partition coefficient (Wildman–Crippen LogP) is 5.73. The largest absolute Gasteiger partial charge is 0.465 e. The monoisotopic (exact) mass is 460 g/mol. The number of carbonyl (C=O) groups is 2. The molecule has 31 heavy (non-hydrogen) atoms. The van der Waals surface area contributed by atoms with E-state index in [1.165, 1.54) is 7.11 Å². The number of aromatic nitrogens is 1. The van der Waals surface area contributed by atoms with Gasteiger partial charge in [-0.3, -0.25) is 4.79 Å². The third kappa shape index (κ3) is 4.30. The van der Waals surface area contributed by atoms with Crippen molar-refractivity contribution in [1.29, 1.82) is 0 Å². The molecule has 5 nitrogen and oxygen atoms in total. The van der Waals surface area contributed by atoms with Crippen LogP contribution in [0.25, 0.3) is 11.8 Å². The van der Waals surface area contributed by atoms with E-state index in [4.69, 9.17) is 27.9 Å². The smallest absolute Gasteiger partial charge is 0.340 e. The lowest BCUT2D eigenvalue weighted by Gasteiger charge is -2.19. The van der Waals surface area contributed by atoms with Gasteiger partial charge in [0.05, 0.1) is 28.3 Å². The number of esters is 1. The van der Waals surface area contributed by atoms with Crippen LogP contribution >= 0.6 is 23.2 Å². The quantitative estimate of drug-likeness (QED) is 0.422. The molecule has 1 amide bonds.